The Morgan fingerprint density at radius 2 is 1.61 bits per heavy atom. The van der Waals surface area contributed by atoms with Gasteiger partial charge in [-0.3, -0.25) is 4.79 Å². The molecule has 0 saturated carbocycles. The summed E-state index contributed by atoms with van der Waals surface area (Å²) in [4.78, 5) is 13.0. The van der Waals surface area contributed by atoms with Gasteiger partial charge in [0.25, 0.3) is 0 Å². The predicted octanol–water partition coefficient (Wildman–Crippen LogP) is 6.96. The number of rotatable bonds is 4. The van der Waals surface area contributed by atoms with Crippen molar-refractivity contribution in [3.63, 3.8) is 0 Å². The maximum Gasteiger partial charge on any atom is 0.450 e. The Morgan fingerprint density at radius 3 is 2.26 bits per heavy atom. The summed E-state index contributed by atoms with van der Waals surface area (Å²) in [5, 5.41) is 0.0000472. The van der Waals surface area contributed by atoms with Crippen LogP contribution in [-0.4, -0.2) is 0 Å². The third-order valence-electron chi connectivity index (χ3n) is 4.57. The Labute approximate surface area is 182 Å². The first kappa shape index (κ1) is 21.1. The van der Waals surface area contributed by atoms with Crippen molar-refractivity contribution in [3.8, 4) is 16.9 Å². The summed E-state index contributed by atoms with van der Waals surface area (Å²) in [6, 6.07) is 15.6. The molecule has 0 amide bonds. The normalized spacial score (nSPS) is 11.6. The van der Waals surface area contributed by atoms with Gasteiger partial charge in [0.2, 0.25) is 11.2 Å². The van der Waals surface area contributed by atoms with Crippen molar-refractivity contribution in [1.29, 1.82) is 0 Å². The maximum absolute atomic E-state index is 13.7. The van der Waals surface area contributed by atoms with E-state index in [2.05, 4.69) is 15.9 Å². The van der Waals surface area contributed by atoms with Crippen molar-refractivity contribution < 1.29 is 26.7 Å². The van der Waals surface area contributed by atoms with Crippen molar-refractivity contribution in [3.05, 3.63) is 98.6 Å². The van der Waals surface area contributed by atoms with Crippen molar-refractivity contribution in [2.24, 2.45) is 0 Å². The largest absolute Gasteiger partial charge is 0.489 e. The van der Waals surface area contributed by atoms with E-state index >= 15 is 0 Å². The van der Waals surface area contributed by atoms with E-state index in [0.29, 0.717) is 10.0 Å². The standard InChI is InChI=1S/C23H13BrF4O3/c24-15-5-3-14(4-6-15)20-21(29)18-10-9-17(11-19(18)31-22(20)23(26,27)28)30-12-13-1-7-16(25)8-2-13/h1-11H,12H2. The molecule has 3 nitrogen and oxygen atoms in total. The molecule has 0 N–H and O–H groups in total. The molecule has 0 aliphatic carbocycles. The first-order valence-corrected chi connectivity index (χ1v) is 9.83. The van der Waals surface area contributed by atoms with Gasteiger partial charge in [-0.1, -0.05) is 40.2 Å². The molecule has 8 heteroatoms. The third-order valence-corrected chi connectivity index (χ3v) is 5.10. The van der Waals surface area contributed by atoms with Gasteiger partial charge in [-0.05, 0) is 47.5 Å². The highest BCUT2D eigenvalue weighted by atomic mass is 79.9. The Morgan fingerprint density at radius 1 is 0.935 bits per heavy atom. The SMILES string of the molecule is O=c1c(-c2ccc(Br)cc2)c(C(F)(F)F)oc2cc(OCc3ccc(F)cc3)ccc12. The smallest absolute Gasteiger partial charge is 0.450 e. The first-order valence-electron chi connectivity index (χ1n) is 9.03. The number of halogens is 5. The molecule has 0 aliphatic heterocycles. The second kappa shape index (κ2) is 8.19. The van der Waals surface area contributed by atoms with Gasteiger partial charge in [0, 0.05) is 10.5 Å². The highest BCUT2D eigenvalue weighted by Gasteiger charge is 2.39. The van der Waals surface area contributed by atoms with Crippen molar-refractivity contribution in [1.82, 2.24) is 0 Å². The number of ether oxygens (including phenoxy) is 1. The van der Waals surface area contributed by atoms with Crippen LogP contribution in [0.4, 0.5) is 17.6 Å². The van der Waals surface area contributed by atoms with Gasteiger partial charge >= 0.3 is 6.18 Å². The van der Waals surface area contributed by atoms with Crippen LogP contribution in [0, 0.1) is 5.82 Å². The minimum Gasteiger partial charge on any atom is -0.489 e. The zero-order valence-corrected chi connectivity index (χ0v) is 17.3. The Kier molecular flexibility index (Phi) is 5.58. The summed E-state index contributed by atoms with van der Waals surface area (Å²) in [5.41, 5.74) is -0.810. The van der Waals surface area contributed by atoms with Crippen LogP contribution in [0.5, 0.6) is 5.75 Å². The molecule has 0 aliphatic rings. The summed E-state index contributed by atoms with van der Waals surface area (Å²) in [6.45, 7) is 0.0686. The highest BCUT2D eigenvalue weighted by Crippen LogP contribution is 2.38. The van der Waals surface area contributed by atoms with Crippen LogP contribution in [-0.2, 0) is 12.8 Å². The summed E-state index contributed by atoms with van der Waals surface area (Å²) in [6.07, 6.45) is -4.87. The second-order valence-corrected chi connectivity index (χ2v) is 7.63. The lowest BCUT2D eigenvalue weighted by molar-refractivity contribution is -0.152. The number of benzene rings is 3. The summed E-state index contributed by atoms with van der Waals surface area (Å²) >= 11 is 3.22. The lowest BCUT2D eigenvalue weighted by Crippen LogP contribution is -2.16. The van der Waals surface area contributed by atoms with Gasteiger partial charge in [0.05, 0.1) is 10.9 Å². The average molecular weight is 493 g/mol. The van der Waals surface area contributed by atoms with E-state index in [4.69, 9.17) is 9.15 Å². The monoisotopic (exact) mass is 492 g/mol. The zero-order valence-electron chi connectivity index (χ0n) is 15.7. The van der Waals surface area contributed by atoms with Gasteiger partial charge in [0.15, 0.2) is 0 Å². The summed E-state index contributed by atoms with van der Waals surface area (Å²) in [5.74, 6) is -1.55. The summed E-state index contributed by atoms with van der Waals surface area (Å²) < 4.78 is 65.5. The molecule has 158 valence electrons. The van der Waals surface area contributed by atoms with Crippen LogP contribution in [0.15, 0.2) is 80.4 Å². The van der Waals surface area contributed by atoms with E-state index in [1.807, 2.05) is 0 Å². The Hall–Kier alpha value is -3.13. The van der Waals surface area contributed by atoms with E-state index in [1.165, 1.54) is 54.6 Å². The van der Waals surface area contributed by atoms with Crippen LogP contribution in [0.25, 0.3) is 22.1 Å². The highest BCUT2D eigenvalue weighted by molar-refractivity contribution is 9.10. The van der Waals surface area contributed by atoms with E-state index in [0.717, 1.165) is 0 Å². The number of fused-ring (bicyclic) bond motifs is 1. The van der Waals surface area contributed by atoms with Crippen LogP contribution < -0.4 is 10.2 Å². The second-order valence-electron chi connectivity index (χ2n) is 6.71. The molecule has 4 rings (SSSR count). The summed E-state index contributed by atoms with van der Waals surface area (Å²) in [7, 11) is 0. The molecule has 0 spiro atoms. The molecule has 31 heavy (non-hydrogen) atoms. The van der Waals surface area contributed by atoms with Crippen LogP contribution in [0.3, 0.4) is 0 Å². The van der Waals surface area contributed by atoms with Gasteiger partial charge in [-0.25, -0.2) is 4.39 Å². The van der Waals surface area contributed by atoms with Crippen molar-refractivity contribution >= 4 is 26.9 Å². The van der Waals surface area contributed by atoms with Crippen LogP contribution >= 0.6 is 15.9 Å². The zero-order chi connectivity index (χ0) is 22.2. The van der Waals surface area contributed by atoms with Gasteiger partial charge in [-0.15, -0.1) is 0 Å². The molecule has 0 atom stereocenters. The van der Waals surface area contributed by atoms with Gasteiger partial charge in [0.1, 0.15) is 23.8 Å². The molecule has 0 saturated heterocycles. The average Bonchev–Trinajstić information content (AvgIpc) is 2.73. The molecular weight excluding hydrogens is 480 g/mol. The molecule has 1 aromatic heterocycles. The minimum absolute atomic E-state index is 0.0000472. The van der Waals surface area contributed by atoms with E-state index in [1.54, 1.807) is 12.1 Å². The molecule has 0 unspecified atom stereocenters. The fraction of sp³-hybridized carbons (Fsp3) is 0.0870. The predicted molar refractivity (Wildman–Crippen MR) is 111 cm³/mol. The van der Waals surface area contributed by atoms with Crippen LogP contribution in [0.1, 0.15) is 11.3 Å². The lowest BCUT2D eigenvalue weighted by atomic mass is 10.0. The Bertz CT molecular complexity index is 1290. The molecule has 1 heterocycles. The topological polar surface area (TPSA) is 39.4 Å². The Balaban J connectivity index is 1.77. The number of hydrogen-bond acceptors (Lipinski definition) is 3. The fourth-order valence-corrected chi connectivity index (χ4v) is 3.35. The molecular formula is C23H13BrF4O3. The van der Waals surface area contributed by atoms with E-state index in [9.17, 15) is 22.4 Å². The van der Waals surface area contributed by atoms with Gasteiger partial charge < -0.3 is 9.15 Å². The molecule has 0 radical (unpaired) electrons. The quantitative estimate of drug-likeness (QED) is 0.289. The maximum atomic E-state index is 13.7. The van der Waals surface area contributed by atoms with Crippen molar-refractivity contribution in [2.75, 3.05) is 0 Å². The first-order chi connectivity index (χ1) is 14.7. The van der Waals surface area contributed by atoms with Gasteiger partial charge in [-0.2, -0.15) is 13.2 Å². The molecule has 3 aromatic carbocycles. The third kappa shape index (κ3) is 4.49. The minimum atomic E-state index is -4.87. The number of alkyl halides is 3. The fourth-order valence-electron chi connectivity index (χ4n) is 3.09. The van der Waals surface area contributed by atoms with Crippen molar-refractivity contribution in [2.45, 2.75) is 12.8 Å². The van der Waals surface area contributed by atoms with Crippen LogP contribution in [0.2, 0.25) is 0 Å². The molecule has 0 fully saturated rings. The number of hydrogen-bond donors (Lipinski definition) is 0. The van der Waals surface area contributed by atoms with E-state index < -0.39 is 28.7 Å². The van der Waals surface area contributed by atoms with E-state index in [-0.39, 0.29) is 28.9 Å². The molecule has 4 aromatic rings. The molecule has 0 bridgehead atoms. The lowest BCUT2D eigenvalue weighted by Gasteiger charge is -2.13.